The predicted molar refractivity (Wildman–Crippen MR) is 129 cm³/mol. The molecular formula is C22H20ClN3O3S2. The van der Waals surface area contributed by atoms with Gasteiger partial charge >= 0.3 is 0 Å². The van der Waals surface area contributed by atoms with Crippen LogP contribution < -0.4 is 15.4 Å². The highest BCUT2D eigenvalue weighted by atomic mass is 35.5. The van der Waals surface area contributed by atoms with Crippen LogP contribution in [-0.4, -0.2) is 42.0 Å². The molecular weight excluding hydrogens is 454 g/mol. The summed E-state index contributed by atoms with van der Waals surface area (Å²) in [6.45, 7) is 1.62. The van der Waals surface area contributed by atoms with Gasteiger partial charge in [-0.1, -0.05) is 11.6 Å². The lowest BCUT2D eigenvalue weighted by Crippen LogP contribution is -2.33. The number of thiophene rings is 1. The van der Waals surface area contributed by atoms with Crippen LogP contribution in [0, 0.1) is 0 Å². The zero-order chi connectivity index (χ0) is 22.0. The molecule has 31 heavy (non-hydrogen) atoms. The van der Waals surface area contributed by atoms with Gasteiger partial charge in [-0.3, -0.25) is 14.9 Å². The minimum absolute atomic E-state index is 0.0379. The first-order valence-corrected chi connectivity index (χ1v) is 11.3. The number of halogens is 1. The second-order valence-electron chi connectivity index (χ2n) is 7.09. The molecule has 2 N–H and O–H groups in total. The molecule has 1 fully saturated rings. The summed E-state index contributed by atoms with van der Waals surface area (Å²) in [7, 11) is 1.59. The van der Waals surface area contributed by atoms with Gasteiger partial charge in [0.2, 0.25) is 0 Å². The van der Waals surface area contributed by atoms with E-state index in [1.54, 1.807) is 37.4 Å². The summed E-state index contributed by atoms with van der Waals surface area (Å²) in [5.74, 6) is 0.348. The van der Waals surface area contributed by atoms with Crippen LogP contribution in [0.2, 0.25) is 5.02 Å². The second-order valence-corrected chi connectivity index (χ2v) is 8.93. The Morgan fingerprint density at radius 2 is 1.84 bits per heavy atom. The van der Waals surface area contributed by atoms with Crippen molar-refractivity contribution in [2.24, 2.45) is 0 Å². The van der Waals surface area contributed by atoms with E-state index in [1.807, 2.05) is 17.0 Å². The highest BCUT2D eigenvalue weighted by Crippen LogP contribution is 2.37. The maximum atomic E-state index is 12.7. The van der Waals surface area contributed by atoms with E-state index >= 15 is 0 Å². The largest absolute Gasteiger partial charge is 0.497 e. The van der Waals surface area contributed by atoms with Crippen LogP contribution in [0.1, 0.15) is 32.9 Å². The van der Waals surface area contributed by atoms with Gasteiger partial charge in [0.1, 0.15) is 10.6 Å². The first kappa shape index (κ1) is 21.5. The Labute approximate surface area is 194 Å². The molecule has 4 rings (SSSR count). The highest BCUT2D eigenvalue weighted by Gasteiger charge is 2.20. The molecule has 2 amide bonds. The van der Waals surface area contributed by atoms with Crippen LogP contribution in [0.25, 0.3) is 10.1 Å². The Morgan fingerprint density at radius 1 is 1.13 bits per heavy atom. The van der Waals surface area contributed by atoms with Crippen molar-refractivity contribution in [3.05, 3.63) is 57.9 Å². The van der Waals surface area contributed by atoms with E-state index in [0.717, 1.165) is 36.0 Å². The van der Waals surface area contributed by atoms with Crippen molar-refractivity contribution in [3.8, 4) is 5.75 Å². The molecule has 1 aliphatic heterocycles. The van der Waals surface area contributed by atoms with Crippen LogP contribution in [0.3, 0.4) is 0 Å². The van der Waals surface area contributed by atoms with E-state index in [-0.39, 0.29) is 16.9 Å². The van der Waals surface area contributed by atoms with Gasteiger partial charge in [-0.25, -0.2) is 0 Å². The quantitative estimate of drug-likeness (QED) is 0.526. The van der Waals surface area contributed by atoms with Gasteiger partial charge in [-0.2, -0.15) is 0 Å². The van der Waals surface area contributed by atoms with Gasteiger partial charge < -0.3 is 15.0 Å². The van der Waals surface area contributed by atoms with Crippen molar-refractivity contribution < 1.29 is 14.3 Å². The topological polar surface area (TPSA) is 70.7 Å². The Bertz CT molecular complexity index is 1150. The predicted octanol–water partition coefficient (Wildman–Crippen LogP) is 4.93. The maximum absolute atomic E-state index is 12.7. The lowest BCUT2D eigenvalue weighted by Gasteiger charge is -2.15. The number of ether oxygens (including phenoxy) is 1. The SMILES string of the molecule is COc1ccc2c(Cl)c(C(=O)NC(=S)Nc3ccc(C(=O)N4CCCC4)cc3)sc2c1. The van der Waals surface area contributed by atoms with E-state index in [0.29, 0.717) is 26.9 Å². The molecule has 1 aromatic heterocycles. The third kappa shape index (κ3) is 4.66. The molecule has 0 aliphatic carbocycles. The number of likely N-dealkylation sites (tertiary alicyclic amines) is 1. The van der Waals surface area contributed by atoms with E-state index in [9.17, 15) is 9.59 Å². The lowest BCUT2D eigenvalue weighted by molar-refractivity contribution is 0.0792. The number of methoxy groups -OCH3 is 1. The molecule has 3 aromatic rings. The fourth-order valence-electron chi connectivity index (χ4n) is 3.44. The van der Waals surface area contributed by atoms with Gasteiger partial charge in [0.15, 0.2) is 5.11 Å². The van der Waals surface area contributed by atoms with E-state index < -0.39 is 0 Å². The fraction of sp³-hybridized carbons (Fsp3) is 0.227. The molecule has 2 heterocycles. The monoisotopic (exact) mass is 473 g/mol. The molecule has 9 heteroatoms. The number of hydrogen-bond donors (Lipinski definition) is 2. The van der Waals surface area contributed by atoms with Gasteiger partial charge in [-0.05, 0) is 67.5 Å². The van der Waals surface area contributed by atoms with Crippen molar-refractivity contribution in [2.75, 3.05) is 25.5 Å². The number of hydrogen-bond acceptors (Lipinski definition) is 5. The zero-order valence-corrected chi connectivity index (χ0v) is 19.1. The molecule has 0 spiro atoms. The maximum Gasteiger partial charge on any atom is 0.269 e. The summed E-state index contributed by atoms with van der Waals surface area (Å²) in [4.78, 5) is 27.4. The van der Waals surface area contributed by atoms with Crippen LogP contribution >= 0.6 is 35.2 Å². The van der Waals surface area contributed by atoms with Crippen molar-refractivity contribution in [3.63, 3.8) is 0 Å². The van der Waals surface area contributed by atoms with Crippen LogP contribution in [0.15, 0.2) is 42.5 Å². The summed E-state index contributed by atoms with van der Waals surface area (Å²) in [5, 5.41) is 6.94. The van der Waals surface area contributed by atoms with E-state index in [1.165, 1.54) is 11.3 Å². The van der Waals surface area contributed by atoms with Gasteiger partial charge in [0.25, 0.3) is 11.8 Å². The minimum Gasteiger partial charge on any atom is -0.497 e. The van der Waals surface area contributed by atoms with Gasteiger partial charge in [-0.15, -0.1) is 11.3 Å². The number of rotatable bonds is 4. The third-order valence-corrected chi connectivity index (χ3v) is 6.91. The Kier molecular flexibility index (Phi) is 6.41. The number of nitrogens with one attached hydrogen (secondary N) is 2. The number of carbonyl (C=O) groups is 2. The number of thiocarbonyl (C=S) groups is 1. The molecule has 6 nitrogen and oxygen atoms in total. The summed E-state index contributed by atoms with van der Waals surface area (Å²) in [6.07, 6.45) is 2.10. The summed E-state index contributed by atoms with van der Waals surface area (Å²) in [6, 6.07) is 12.5. The molecule has 0 atom stereocenters. The van der Waals surface area contributed by atoms with Crippen LogP contribution in [-0.2, 0) is 0 Å². The molecule has 2 aromatic carbocycles. The number of benzene rings is 2. The smallest absolute Gasteiger partial charge is 0.269 e. The Morgan fingerprint density at radius 3 is 2.52 bits per heavy atom. The van der Waals surface area contributed by atoms with Crippen molar-refractivity contribution in [1.82, 2.24) is 10.2 Å². The molecule has 0 radical (unpaired) electrons. The number of fused-ring (bicyclic) bond motifs is 1. The fourth-order valence-corrected chi connectivity index (χ4v) is 5.09. The summed E-state index contributed by atoms with van der Waals surface area (Å²) >= 11 is 12.9. The number of nitrogens with zero attached hydrogens (tertiary/aromatic N) is 1. The Hall–Kier alpha value is -2.68. The van der Waals surface area contributed by atoms with Crippen LogP contribution in [0.4, 0.5) is 5.69 Å². The molecule has 1 saturated heterocycles. The van der Waals surface area contributed by atoms with Crippen molar-refractivity contribution in [2.45, 2.75) is 12.8 Å². The molecule has 0 unspecified atom stereocenters. The lowest BCUT2D eigenvalue weighted by atomic mass is 10.2. The average molecular weight is 474 g/mol. The minimum atomic E-state index is -0.386. The highest BCUT2D eigenvalue weighted by molar-refractivity contribution is 7.80. The van der Waals surface area contributed by atoms with Crippen molar-refractivity contribution in [1.29, 1.82) is 0 Å². The van der Waals surface area contributed by atoms with Gasteiger partial charge in [0.05, 0.1) is 12.1 Å². The van der Waals surface area contributed by atoms with Crippen molar-refractivity contribution >= 4 is 67.9 Å². The number of anilines is 1. The Balaban J connectivity index is 1.40. The number of amides is 2. The third-order valence-electron chi connectivity index (χ3n) is 5.05. The van der Waals surface area contributed by atoms with Crippen LogP contribution in [0.5, 0.6) is 5.75 Å². The zero-order valence-electron chi connectivity index (χ0n) is 16.7. The molecule has 0 saturated carbocycles. The summed E-state index contributed by atoms with van der Waals surface area (Å²) < 4.78 is 6.08. The normalized spacial score (nSPS) is 13.3. The molecule has 1 aliphatic rings. The first-order chi connectivity index (χ1) is 15.0. The molecule has 160 valence electrons. The average Bonchev–Trinajstić information content (AvgIpc) is 3.42. The standard InChI is InChI=1S/C22H20ClN3O3S2/c1-29-15-8-9-16-17(12-15)31-19(18(16)23)20(27)25-22(30)24-14-6-4-13(5-7-14)21(28)26-10-2-3-11-26/h4-9,12H,2-3,10-11H2,1H3,(H2,24,25,27,30). The summed E-state index contributed by atoms with van der Waals surface area (Å²) in [5.41, 5.74) is 1.31. The van der Waals surface area contributed by atoms with Gasteiger partial charge in [0, 0.05) is 34.4 Å². The molecule has 0 bridgehead atoms. The second kappa shape index (κ2) is 9.21. The number of carbonyl (C=O) groups excluding carboxylic acids is 2. The van der Waals surface area contributed by atoms with E-state index in [4.69, 9.17) is 28.6 Å². The van der Waals surface area contributed by atoms with E-state index in [2.05, 4.69) is 10.6 Å². The first-order valence-electron chi connectivity index (χ1n) is 9.74.